The third-order valence-corrected chi connectivity index (χ3v) is 3.49. The molecule has 122 valence electrons. The first-order chi connectivity index (χ1) is 10.9. The second-order valence-electron chi connectivity index (χ2n) is 5.55. The number of alkyl halides is 2. The number of carbonyl (C=O) groups excluding carboxylic acids is 1. The first-order valence-corrected chi connectivity index (χ1v) is 7.34. The predicted molar refractivity (Wildman–Crippen MR) is 86.3 cm³/mol. The SMILES string of the molecule is Cc1cccc(C(C)C)c1NC(=O)c1cccc(OC(F)F)c1. The highest BCUT2D eigenvalue weighted by Crippen LogP contribution is 2.28. The van der Waals surface area contributed by atoms with Crippen LogP contribution in [0.2, 0.25) is 0 Å². The van der Waals surface area contributed by atoms with Crippen molar-refractivity contribution in [1.29, 1.82) is 0 Å². The molecule has 23 heavy (non-hydrogen) atoms. The van der Waals surface area contributed by atoms with E-state index in [4.69, 9.17) is 0 Å². The molecule has 0 aliphatic carbocycles. The summed E-state index contributed by atoms with van der Waals surface area (Å²) in [6.45, 7) is 3.08. The van der Waals surface area contributed by atoms with Gasteiger partial charge in [-0.1, -0.05) is 38.1 Å². The van der Waals surface area contributed by atoms with Crippen LogP contribution in [0, 0.1) is 6.92 Å². The van der Waals surface area contributed by atoms with Gasteiger partial charge >= 0.3 is 6.61 Å². The number of rotatable bonds is 5. The molecule has 1 N–H and O–H groups in total. The Kier molecular flexibility index (Phi) is 5.32. The first-order valence-electron chi connectivity index (χ1n) is 7.34. The van der Waals surface area contributed by atoms with Gasteiger partial charge in [-0.2, -0.15) is 8.78 Å². The number of halogens is 2. The smallest absolute Gasteiger partial charge is 0.387 e. The topological polar surface area (TPSA) is 38.3 Å². The zero-order valence-corrected chi connectivity index (χ0v) is 13.3. The molecule has 0 atom stereocenters. The quantitative estimate of drug-likeness (QED) is 0.845. The van der Waals surface area contributed by atoms with Crippen molar-refractivity contribution >= 4 is 11.6 Å². The Morgan fingerprint density at radius 2 is 1.83 bits per heavy atom. The van der Waals surface area contributed by atoms with Gasteiger partial charge in [-0.3, -0.25) is 4.79 Å². The van der Waals surface area contributed by atoms with E-state index in [0.29, 0.717) is 0 Å². The van der Waals surface area contributed by atoms with Crippen LogP contribution in [0.25, 0.3) is 0 Å². The molecule has 2 aromatic rings. The summed E-state index contributed by atoms with van der Waals surface area (Å²) >= 11 is 0. The van der Waals surface area contributed by atoms with Gasteiger partial charge in [0.25, 0.3) is 5.91 Å². The number of nitrogens with one attached hydrogen (secondary N) is 1. The van der Waals surface area contributed by atoms with E-state index >= 15 is 0 Å². The number of aryl methyl sites for hydroxylation is 1. The number of amides is 1. The van der Waals surface area contributed by atoms with Crippen LogP contribution < -0.4 is 10.1 Å². The minimum atomic E-state index is -2.92. The first kappa shape index (κ1) is 16.9. The monoisotopic (exact) mass is 319 g/mol. The molecule has 0 unspecified atom stereocenters. The molecule has 0 bridgehead atoms. The fourth-order valence-electron chi connectivity index (χ4n) is 2.34. The highest BCUT2D eigenvalue weighted by Gasteiger charge is 2.14. The Hall–Kier alpha value is -2.43. The maximum atomic E-state index is 12.4. The summed E-state index contributed by atoms with van der Waals surface area (Å²) < 4.78 is 28.9. The molecule has 0 radical (unpaired) electrons. The highest BCUT2D eigenvalue weighted by atomic mass is 19.3. The van der Waals surface area contributed by atoms with Gasteiger partial charge < -0.3 is 10.1 Å². The molecule has 0 saturated heterocycles. The Labute approximate surface area is 134 Å². The molecule has 0 spiro atoms. The van der Waals surface area contributed by atoms with E-state index in [1.54, 1.807) is 6.07 Å². The second-order valence-corrected chi connectivity index (χ2v) is 5.55. The van der Waals surface area contributed by atoms with Crippen molar-refractivity contribution in [3.8, 4) is 5.75 Å². The maximum absolute atomic E-state index is 12.4. The van der Waals surface area contributed by atoms with E-state index in [0.717, 1.165) is 16.8 Å². The minimum Gasteiger partial charge on any atom is -0.435 e. The van der Waals surface area contributed by atoms with E-state index in [-0.39, 0.29) is 23.1 Å². The molecular weight excluding hydrogens is 300 g/mol. The lowest BCUT2D eigenvalue weighted by Crippen LogP contribution is -2.15. The van der Waals surface area contributed by atoms with Crippen LogP contribution in [-0.4, -0.2) is 12.5 Å². The minimum absolute atomic E-state index is 0.0403. The molecule has 3 nitrogen and oxygen atoms in total. The predicted octanol–water partition coefficient (Wildman–Crippen LogP) is 4.97. The standard InChI is InChI=1S/C18H19F2NO2/c1-11(2)15-9-4-6-12(3)16(15)21-17(22)13-7-5-8-14(10-13)23-18(19)20/h4-11,18H,1-3H3,(H,21,22). The molecule has 0 aromatic heterocycles. The van der Waals surface area contributed by atoms with E-state index in [9.17, 15) is 13.6 Å². The molecule has 0 heterocycles. The van der Waals surface area contributed by atoms with Crippen molar-refractivity contribution in [2.45, 2.75) is 33.3 Å². The van der Waals surface area contributed by atoms with Gasteiger partial charge in [-0.25, -0.2) is 0 Å². The summed E-state index contributed by atoms with van der Waals surface area (Å²) in [7, 11) is 0. The summed E-state index contributed by atoms with van der Waals surface area (Å²) in [4.78, 5) is 12.4. The van der Waals surface area contributed by atoms with Crippen LogP contribution in [0.15, 0.2) is 42.5 Å². The summed E-state index contributed by atoms with van der Waals surface area (Å²) in [5.74, 6) is -0.152. The number of benzene rings is 2. The van der Waals surface area contributed by atoms with Crippen LogP contribution in [0.4, 0.5) is 14.5 Å². The van der Waals surface area contributed by atoms with Gasteiger partial charge in [-0.05, 0) is 42.2 Å². The number of para-hydroxylation sites is 1. The summed E-state index contributed by atoms with van der Waals surface area (Å²) in [5, 5.41) is 2.87. The fraction of sp³-hybridized carbons (Fsp3) is 0.278. The lowest BCUT2D eigenvalue weighted by Gasteiger charge is -2.16. The van der Waals surface area contributed by atoms with Gasteiger partial charge in [0, 0.05) is 11.3 Å². The average Bonchev–Trinajstić information content (AvgIpc) is 2.48. The molecule has 2 aromatic carbocycles. The lowest BCUT2D eigenvalue weighted by atomic mass is 9.98. The van der Waals surface area contributed by atoms with E-state index in [1.165, 1.54) is 18.2 Å². The number of hydrogen-bond donors (Lipinski definition) is 1. The summed E-state index contributed by atoms with van der Waals surface area (Å²) in [6, 6.07) is 11.6. The van der Waals surface area contributed by atoms with Gasteiger partial charge in [0.15, 0.2) is 0 Å². The second kappa shape index (κ2) is 7.22. The molecule has 0 aliphatic rings. The van der Waals surface area contributed by atoms with Gasteiger partial charge in [0.05, 0.1) is 0 Å². The molecule has 1 amide bonds. The summed E-state index contributed by atoms with van der Waals surface area (Å²) in [6.07, 6.45) is 0. The van der Waals surface area contributed by atoms with Crippen molar-refractivity contribution < 1.29 is 18.3 Å². The van der Waals surface area contributed by atoms with Gasteiger partial charge in [-0.15, -0.1) is 0 Å². The Morgan fingerprint density at radius 1 is 1.13 bits per heavy atom. The highest BCUT2D eigenvalue weighted by molar-refractivity contribution is 6.05. The molecule has 0 aliphatic heterocycles. The Balaban J connectivity index is 2.26. The molecule has 0 saturated carbocycles. The third-order valence-electron chi connectivity index (χ3n) is 3.49. The lowest BCUT2D eigenvalue weighted by molar-refractivity contribution is -0.0498. The van der Waals surface area contributed by atoms with Crippen LogP contribution in [0.1, 0.15) is 41.3 Å². The largest absolute Gasteiger partial charge is 0.435 e. The van der Waals surface area contributed by atoms with E-state index < -0.39 is 6.61 Å². The average molecular weight is 319 g/mol. The normalized spacial score (nSPS) is 10.9. The van der Waals surface area contributed by atoms with Crippen molar-refractivity contribution in [3.05, 3.63) is 59.2 Å². The summed E-state index contributed by atoms with van der Waals surface area (Å²) in [5.41, 5.74) is 3.00. The van der Waals surface area contributed by atoms with Crippen molar-refractivity contribution in [1.82, 2.24) is 0 Å². The number of anilines is 1. The van der Waals surface area contributed by atoms with Crippen molar-refractivity contribution in [3.63, 3.8) is 0 Å². The van der Waals surface area contributed by atoms with E-state index in [2.05, 4.69) is 10.1 Å². The molecule has 5 heteroatoms. The third kappa shape index (κ3) is 4.28. The van der Waals surface area contributed by atoms with Crippen molar-refractivity contribution in [2.24, 2.45) is 0 Å². The Morgan fingerprint density at radius 3 is 2.48 bits per heavy atom. The van der Waals surface area contributed by atoms with E-state index in [1.807, 2.05) is 39.0 Å². The zero-order valence-electron chi connectivity index (χ0n) is 13.3. The van der Waals surface area contributed by atoms with Crippen LogP contribution >= 0.6 is 0 Å². The molecule has 2 rings (SSSR count). The fourth-order valence-corrected chi connectivity index (χ4v) is 2.34. The van der Waals surface area contributed by atoms with Crippen LogP contribution in [0.3, 0.4) is 0 Å². The van der Waals surface area contributed by atoms with Crippen LogP contribution in [-0.2, 0) is 0 Å². The molecular formula is C18H19F2NO2. The number of hydrogen-bond acceptors (Lipinski definition) is 2. The maximum Gasteiger partial charge on any atom is 0.387 e. The Bertz CT molecular complexity index is 699. The van der Waals surface area contributed by atoms with Crippen LogP contribution in [0.5, 0.6) is 5.75 Å². The zero-order chi connectivity index (χ0) is 17.0. The van der Waals surface area contributed by atoms with Gasteiger partial charge in [0.1, 0.15) is 5.75 Å². The number of ether oxygens (including phenoxy) is 1. The molecule has 0 fully saturated rings. The number of carbonyl (C=O) groups is 1. The van der Waals surface area contributed by atoms with Gasteiger partial charge in [0.2, 0.25) is 0 Å². The van der Waals surface area contributed by atoms with Crippen molar-refractivity contribution in [2.75, 3.05) is 5.32 Å².